The van der Waals surface area contributed by atoms with Crippen molar-refractivity contribution < 1.29 is 14.7 Å². The third-order valence-corrected chi connectivity index (χ3v) is 5.67. The fourth-order valence-electron chi connectivity index (χ4n) is 3.46. The highest BCUT2D eigenvalue weighted by atomic mass is 32.1. The predicted octanol–water partition coefficient (Wildman–Crippen LogP) is 2.33. The maximum absolute atomic E-state index is 12.8. The van der Waals surface area contributed by atoms with Gasteiger partial charge < -0.3 is 10.0 Å². The largest absolute Gasteiger partial charge is 0.481 e. The lowest BCUT2D eigenvalue weighted by Crippen LogP contribution is -2.30. The molecule has 0 bridgehead atoms. The summed E-state index contributed by atoms with van der Waals surface area (Å²) in [6.45, 7) is 1.09. The maximum Gasteiger partial charge on any atom is 0.308 e. The van der Waals surface area contributed by atoms with E-state index in [1.165, 1.54) is 0 Å². The van der Waals surface area contributed by atoms with Gasteiger partial charge in [-0.25, -0.2) is 4.68 Å². The minimum Gasteiger partial charge on any atom is -0.481 e. The number of aliphatic carboxylic acids is 1. The van der Waals surface area contributed by atoms with Crippen LogP contribution < -0.4 is 0 Å². The standard InChI is InChI=1S/C19H18N4O3S/c24-18(17-12-23(21-20-17)9-14-7-4-8-27-14)22-10-15(16(11-22)19(25)26)13-5-2-1-3-6-13/h1-8,12,15-16H,9-11H2,(H,25,26)/t15-,16-/m1/s1. The van der Waals surface area contributed by atoms with Gasteiger partial charge in [-0.2, -0.15) is 0 Å². The summed E-state index contributed by atoms with van der Waals surface area (Å²) in [5, 5.41) is 19.6. The van der Waals surface area contributed by atoms with Crippen LogP contribution in [0, 0.1) is 5.92 Å². The molecule has 3 aromatic rings. The molecule has 1 aliphatic rings. The highest BCUT2D eigenvalue weighted by Gasteiger charge is 2.41. The van der Waals surface area contributed by atoms with E-state index in [0.717, 1.165) is 10.4 Å². The van der Waals surface area contributed by atoms with Gasteiger partial charge in [0, 0.05) is 23.9 Å². The number of aromatic nitrogens is 3. The number of hydrogen-bond acceptors (Lipinski definition) is 5. The molecule has 0 unspecified atom stereocenters. The first kappa shape index (κ1) is 17.4. The van der Waals surface area contributed by atoms with Gasteiger partial charge in [0.1, 0.15) is 0 Å². The minimum atomic E-state index is -0.888. The zero-order chi connectivity index (χ0) is 18.8. The molecule has 138 valence electrons. The van der Waals surface area contributed by atoms with Crippen molar-refractivity contribution in [2.24, 2.45) is 5.92 Å². The predicted molar refractivity (Wildman–Crippen MR) is 99.7 cm³/mol. The van der Waals surface area contributed by atoms with Gasteiger partial charge >= 0.3 is 5.97 Å². The first-order valence-corrected chi connectivity index (χ1v) is 9.49. The first-order valence-electron chi connectivity index (χ1n) is 8.61. The molecule has 2 aromatic heterocycles. The molecule has 1 aromatic carbocycles. The number of likely N-dealkylation sites (tertiary alicyclic amines) is 1. The third-order valence-electron chi connectivity index (χ3n) is 4.81. The average molecular weight is 382 g/mol. The molecule has 0 aliphatic carbocycles. The van der Waals surface area contributed by atoms with E-state index in [1.807, 2.05) is 47.8 Å². The summed E-state index contributed by atoms with van der Waals surface area (Å²) >= 11 is 1.61. The summed E-state index contributed by atoms with van der Waals surface area (Å²) in [5.41, 5.74) is 1.17. The third kappa shape index (κ3) is 3.61. The Morgan fingerprint density at radius 2 is 1.96 bits per heavy atom. The molecule has 0 spiro atoms. The lowest BCUT2D eigenvalue weighted by molar-refractivity contribution is -0.141. The van der Waals surface area contributed by atoms with E-state index in [4.69, 9.17) is 0 Å². The summed E-state index contributed by atoms with van der Waals surface area (Å²) in [4.78, 5) is 27.2. The van der Waals surface area contributed by atoms with E-state index in [1.54, 1.807) is 27.1 Å². The number of amides is 1. The number of thiophene rings is 1. The molecule has 1 fully saturated rings. The van der Waals surface area contributed by atoms with Crippen LogP contribution in [0.1, 0.15) is 26.8 Å². The van der Waals surface area contributed by atoms with E-state index in [2.05, 4.69) is 10.3 Å². The summed E-state index contributed by atoms with van der Waals surface area (Å²) < 4.78 is 1.62. The van der Waals surface area contributed by atoms with Crippen LogP contribution >= 0.6 is 11.3 Å². The molecule has 7 nitrogen and oxygen atoms in total. The molecule has 1 N–H and O–H groups in total. The van der Waals surface area contributed by atoms with Crippen LogP contribution in [0.15, 0.2) is 54.0 Å². The Morgan fingerprint density at radius 1 is 1.15 bits per heavy atom. The van der Waals surface area contributed by atoms with Gasteiger partial charge in [0.2, 0.25) is 0 Å². The summed E-state index contributed by atoms with van der Waals surface area (Å²) in [6, 6.07) is 13.4. The second-order valence-corrected chi connectivity index (χ2v) is 7.59. The monoisotopic (exact) mass is 382 g/mol. The van der Waals surface area contributed by atoms with Crippen molar-refractivity contribution in [3.8, 4) is 0 Å². The Morgan fingerprint density at radius 3 is 2.67 bits per heavy atom. The van der Waals surface area contributed by atoms with Crippen molar-refractivity contribution in [1.82, 2.24) is 19.9 Å². The van der Waals surface area contributed by atoms with E-state index < -0.39 is 11.9 Å². The molecule has 1 saturated heterocycles. The molecule has 2 atom stereocenters. The fourth-order valence-corrected chi connectivity index (χ4v) is 4.15. The van der Waals surface area contributed by atoms with Gasteiger partial charge in [-0.1, -0.05) is 41.6 Å². The first-order chi connectivity index (χ1) is 13.1. The van der Waals surface area contributed by atoms with Crippen molar-refractivity contribution in [3.63, 3.8) is 0 Å². The van der Waals surface area contributed by atoms with Crippen LogP contribution in [0.5, 0.6) is 0 Å². The van der Waals surface area contributed by atoms with Crippen molar-refractivity contribution in [2.45, 2.75) is 12.5 Å². The summed E-state index contributed by atoms with van der Waals surface area (Å²) in [6.07, 6.45) is 1.62. The van der Waals surface area contributed by atoms with E-state index in [0.29, 0.717) is 13.1 Å². The van der Waals surface area contributed by atoms with Gasteiger partial charge in [-0.05, 0) is 17.0 Å². The number of rotatable bonds is 5. The van der Waals surface area contributed by atoms with Crippen molar-refractivity contribution in [3.05, 3.63) is 70.2 Å². The van der Waals surface area contributed by atoms with Crippen LogP contribution in [0.25, 0.3) is 0 Å². The molecule has 8 heteroatoms. The highest BCUT2D eigenvalue weighted by Crippen LogP contribution is 2.33. The van der Waals surface area contributed by atoms with Gasteiger partial charge in [-0.3, -0.25) is 9.59 Å². The molecule has 27 heavy (non-hydrogen) atoms. The SMILES string of the molecule is O=C(O)[C@@H]1CN(C(=O)c2cn(Cc3cccs3)nn2)C[C@@H]1c1ccccc1. The Bertz CT molecular complexity index is 939. The molecule has 4 rings (SSSR count). The average Bonchev–Trinajstić information content (AvgIpc) is 3.43. The quantitative estimate of drug-likeness (QED) is 0.732. The van der Waals surface area contributed by atoms with Crippen molar-refractivity contribution >= 4 is 23.2 Å². The topological polar surface area (TPSA) is 88.3 Å². The molecular weight excluding hydrogens is 364 g/mol. The second kappa shape index (κ2) is 7.32. The molecule has 1 amide bonds. The van der Waals surface area contributed by atoms with Gasteiger partial charge in [-0.15, -0.1) is 16.4 Å². The van der Waals surface area contributed by atoms with Crippen LogP contribution in [-0.2, 0) is 11.3 Å². The number of carbonyl (C=O) groups excluding carboxylic acids is 1. The fraction of sp³-hybridized carbons (Fsp3) is 0.263. The lowest BCUT2D eigenvalue weighted by Gasteiger charge is -2.15. The Hall–Kier alpha value is -3.00. The van der Waals surface area contributed by atoms with E-state index in [9.17, 15) is 14.7 Å². The van der Waals surface area contributed by atoms with Crippen LogP contribution in [0.2, 0.25) is 0 Å². The van der Waals surface area contributed by atoms with Crippen molar-refractivity contribution in [1.29, 1.82) is 0 Å². The molecule has 0 radical (unpaired) electrons. The lowest BCUT2D eigenvalue weighted by atomic mass is 9.89. The number of nitrogens with zero attached hydrogens (tertiary/aromatic N) is 4. The highest BCUT2D eigenvalue weighted by molar-refractivity contribution is 7.09. The summed E-state index contributed by atoms with van der Waals surface area (Å²) in [7, 11) is 0. The Balaban J connectivity index is 1.50. The number of carboxylic acids is 1. The Labute approximate surface area is 159 Å². The zero-order valence-corrected chi connectivity index (χ0v) is 15.2. The normalized spacial score (nSPS) is 19.3. The van der Waals surface area contributed by atoms with Gasteiger partial charge in [0.15, 0.2) is 5.69 Å². The number of carbonyl (C=O) groups is 2. The number of hydrogen-bond donors (Lipinski definition) is 1. The maximum atomic E-state index is 12.8. The van der Waals surface area contributed by atoms with Crippen LogP contribution in [-0.4, -0.2) is 50.0 Å². The molecule has 3 heterocycles. The molecule has 0 saturated carbocycles. The zero-order valence-electron chi connectivity index (χ0n) is 14.4. The van der Waals surface area contributed by atoms with Gasteiger partial charge in [0.25, 0.3) is 5.91 Å². The van der Waals surface area contributed by atoms with Crippen LogP contribution in [0.4, 0.5) is 0 Å². The van der Waals surface area contributed by atoms with Gasteiger partial charge in [0.05, 0.1) is 18.7 Å². The minimum absolute atomic E-state index is 0.172. The smallest absolute Gasteiger partial charge is 0.308 e. The van der Waals surface area contributed by atoms with E-state index in [-0.39, 0.29) is 24.1 Å². The number of carboxylic acid groups (broad SMARTS) is 1. The molecule has 1 aliphatic heterocycles. The molecular formula is C19H18N4O3S. The summed E-state index contributed by atoms with van der Waals surface area (Å²) in [5.74, 6) is -2.02. The van der Waals surface area contributed by atoms with E-state index >= 15 is 0 Å². The Kier molecular flexibility index (Phi) is 4.72. The second-order valence-electron chi connectivity index (χ2n) is 6.55. The van der Waals surface area contributed by atoms with Crippen molar-refractivity contribution in [2.75, 3.05) is 13.1 Å². The number of benzene rings is 1. The van der Waals surface area contributed by atoms with Crippen LogP contribution in [0.3, 0.4) is 0 Å².